The molecule has 1 fully saturated rings. The van der Waals surface area contributed by atoms with Crippen LogP contribution in [0.15, 0.2) is 98.9 Å². The smallest absolute Gasteiger partial charge is 0.251 e. The molecule has 1 unspecified atom stereocenters. The zero-order chi connectivity index (χ0) is 22.6. The Balaban J connectivity index is 1.47. The molecule has 4 heteroatoms. The quantitative estimate of drug-likeness (QED) is 0.533. The van der Waals surface area contributed by atoms with E-state index in [9.17, 15) is 4.79 Å². The van der Waals surface area contributed by atoms with Crippen molar-refractivity contribution in [3.8, 4) is 0 Å². The molecule has 2 aromatic rings. The SMILES string of the molecule is CC(NC(=O)C1=CCC=C2Sc3ccccc3C(C3CCCCC3)=NC2=C1)c1ccccc1. The predicted octanol–water partition coefficient (Wildman–Crippen LogP) is 7.14. The van der Waals surface area contributed by atoms with E-state index in [1.165, 1.54) is 48.3 Å². The third kappa shape index (κ3) is 4.91. The van der Waals surface area contributed by atoms with Crippen LogP contribution in [0.5, 0.6) is 0 Å². The van der Waals surface area contributed by atoms with Crippen molar-refractivity contribution in [3.63, 3.8) is 0 Å². The van der Waals surface area contributed by atoms with Crippen molar-refractivity contribution in [2.75, 3.05) is 0 Å². The highest BCUT2D eigenvalue weighted by Gasteiger charge is 2.27. The van der Waals surface area contributed by atoms with Crippen LogP contribution in [0.25, 0.3) is 0 Å². The first-order valence-electron chi connectivity index (χ1n) is 12.0. The fraction of sp³-hybridized carbons (Fsp3) is 0.310. The van der Waals surface area contributed by atoms with Gasteiger partial charge in [-0.05, 0) is 43.9 Å². The first kappa shape index (κ1) is 22.0. The van der Waals surface area contributed by atoms with E-state index >= 15 is 0 Å². The van der Waals surface area contributed by atoms with Gasteiger partial charge in [0.2, 0.25) is 0 Å². The number of nitrogens with zero attached hydrogens (tertiary/aromatic N) is 1. The number of nitrogens with one attached hydrogen (secondary N) is 1. The molecule has 1 aliphatic heterocycles. The highest BCUT2D eigenvalue weighted by molar-refractivity contribution is 8.03. The molecule has 0 spiro atoms. The van der Waals surface area contributed by atoms with Gasteiger partial charge in [-0.15, -0.1) is 0 Å². The molecule has 1 saturated carbocycles. The highest BCUT2D eigenvalue weighted by atomic mass is 32.2. The zero-order valence-corrected chi connectivity index (χ0v) is 19.9. The fourth-order valence-corrected chi connectivity index (χ4v) is 5.94. The monoisotopic (exact) mass is 454 g/mol. The molecule has 3 aliphatic rings. The minimum Gasteiger partial charge on any atom is -0.346 e. The van der Waals surface area contributed by atoms with Gasteiger partial charge in [-0.1, -0.05) is 91.7 Å². The molecule has 0 aromatic heterocycles. The van der Waals surface area contributed by atoms with Crippen molar-refractivity contribution in [3.05, 3.63) is 100 Å². The number of fused-ring (bicyclic) bond motifs is 2. The molecule has 0 bridgehead atoms. The Morgan fingerprint density at radius 3 is 2.58 bits per heavy atom. The average Bonchev–Trinajstić information content (AvgIpc) is 3.15. The Labute approximate surface area is 200 Å². The first-order chi connectivity index (χ1) is 16.2. The second kappa shape index (κ2) is 9.96. The maximum atomic E-state index is 13.2. The highest BCUT2D eigenvalue weighted by Crippen LogP contribution is 2.42. The number of aliphatic imine (C=N–C) groups is 1. The molecule has 0 saturated heterocycles. The van der Waals surface area contributed by atoms with Gasteiger partial charge in [0.05, 0.1) is 17.5 Å². The van der Waals surface area contributed by atoms with Gasteiger partial charge < -0.3 is 5.32 Å². The van der Waals surface area contributed by atoms with Gasteiger partial charge >= 0.3 is 0 Å². The van der Waals surface area contributed by atoms with Crippen LogP contribution in [0, 0.1) is 5.92 Å². The van der Waals surface area contributed by atoms with Crippen LogP contribution in [0.1, 0.15) is 62.6 Å². The van der Waals surface area contributed by atoms with Crippen molar-refractivity contribution in [1.29, 1.82) is 0 Å². The van der Waals surface area contributed by atoms with E-state index in [1.54, 1.807) is 11.8 Å². The third-order valence-corrected chi connectivity index (χ3v) is 7.88. The van der Waals surface area contributed by atoms with Crippen LogP contribution in [0.4, 0.5) is 0 Å². The molecule has 3 nitrogen and oxygen atoms in total. The summed E-state index contributed by atoms with van der Waals surface area (Å²) in [6.07, 6.45) is 13.2. The number of rotatable bonds is 4. The lowest BCUT2D eigenvalue weighted by atomic mass is 9.83. The van der Waals surface area contributed by atoms with Crippen LogP contribution in [-0.4, -0.2) is 11.6 Å². The van der Waals surface area contributed by atoms with Crippen LogP contribution < -0.4 is 5.32 Å². The summed E-state index contributed by atoms with van der Waals surface area (Å²) >= 11 is 1.78. The number of amides is 1. The number of carbonyl (C=O) groups excluding carboxylic acids is 1. The molecule has 1 N–H and O–H groups in total. The second-order valence-electron chi connectivity index (χ2n) is 9.03. The van der Waals surface area contributed by atoms with Gasteiger partial charge in [-0.2, -0.15) is 0 Å². The van der Waals surface area contributed by atoms with E-state index in [-0.39, 0.29) is 11.9 Å². The van der Waals surface area contributed by atoms with E-state index in [1.807, 2.05) is 49.4 Å². The molecular formula is C29H30N2OS. The van der Waals surface area contributed by atoms with Crippen molar-refractivity contribution < 1.29 is 4.79 Å². The maximum Gasteiger partial charge on any atom is 0.251 e. The molecule has 1 atom stereocenters. The normalized spacial score (nSPS) is 19.4. The Hall–Kier alpha value is -2.85. The number of carbonyl (C=O) groups is 1. The second-order valence-corrected chi connectivity index (χ2v) is 10.1. The molecule has 5 rings (SSSR count). The first-order valence-corrected chi connectivity index (χ1v) is 12.8. The Morgan fingerprint density at radius 2 is 1.76 bits per heavy atom. The van der Waals surface area contributed by atoms with Gasteiger partial charge in [-0.25, -0.2) is 0 Å². The van der Waals surface area contributed by atoms with Crippen molar-refractivity contribution in [2.24, 2.45) is 10.9 Å². The minimum atomic E-state index is -0.0530. The van der Waals surface area contributed by atoms with Gasteiger partial charge in [0.15, 0.2) is 0 Å². The molecule has 1 heterocycles. The topological polar surface area (TPSA) is 41.5 Å². The maximum absolute atomic E-state index is 13.2. The molecule has 2 aliphatic carbocycles. The standard InChI is InChI=1S/C29H30N2OS/c1-20(21-11-4-2-5-12-21)30-29(32)23-15-10-18-27-25(19-23)31-28(22-13-6-3-7-14-22)24-16-8-9-17-26(24)33-27/h2,4-5,8-9,11-12,15-20,22H,3,6-7,10,13-14H2,1H3,(H,30,32). The van der Waals surface area contributed by atoms with E-state index in [4.69, 9.17) is 4.99 Å². The lowest BCUT2D eigenvalue weighted by Gasteiger charge is -2.24. The van der Waals surface area contributed by atoms with Gasteiger partial charge in [-0.3, -0.25) is 9.79 Å². The summed E-state index contributed by atoms with van der Waals surface area (Å²) in [6, 6.07) is 18.7. The number of hydrogen-bond donors (Lipinski definition) is 1. The summed E-state index contributed by atoms with van der Waals surface area (Å²) in [7, 11) is 0. The van der Waals surface area contributed by atoms with Crippen molar-refractivity contribution in [1.82, 2.24) is 5.32 Å². The molecule has 33 heavy (non-hydrogen) atoms. The molecule has 2 aromatic carbocycles. The number of hydrogen-bond acceptors (Lipinski definition) is 3. The summed E-state index contributed by atoms with van der Waals surface area (Å²) in [5, 5.41) is 3.17. The van der Waals surface area contributed by atoms with Crippen LogP contribution in [-0.2, 0) is 4.79 Å². The Bertz CT molecular complexity index is 1150. The lowest BCUT2D eigenvalue weighted by molar-refractivity contribution is -0.117. The number of thioether (sulfide) groups is 1. The van der Waals surface area contributed by atoms with Gasteiger partial charge in [0.1, 0.15) is 0 Å². The van der Waals surface area contributed by atoms with Crippen LogP contribution in [0.2, 0.25) is 0 Å². The van der Waals surface area contributed by atoms with E-state index in [0.717, 1.165) is 22.6 Å². The summed E-state index contributed by atoms with van der Waals surface area (Å²) < 4.78 is 0. The summed E-state index contributed by atoms with van der Waals surface area (Å²) in [5.41, 5.74) is 5.17. The minimum absolute atomic E-state index is 0.0466. The van der Waals surface area contributed by atoms with E-state index < -0.39 is 0 Å². The molecule has 168 valence electrons. The van der Waals surface area contributed by atoms with Crippen LogP contribution >= 0.6 is 11.8 Å². The van der Waals surface area contributed by atoms with Crippen LogP contribution in [0.3, 0.4) is 0 Å². The molecule has 0 radical (unpaired) electrons. The summed E-state index contributed by atoms with van der Waals surface area (Å²) in [5.74, 6) is 0.443. The zero-order valence-electron chi connectivity index (χ0n) is 19.1. The van der Waals surface area contributed by atoms with Crippen molar-refractivity contribution in [2.45, 2.75) is 56.4 Å². The van der Waals surface area contributed by atoms with Crippen molar-refractivity contribution >= 4 is 23.4 Å². The largest absolute Gasteiger partial charge is 0.346 e. The summed E-state index contributed by atoms with van der Waals surface area (Å²) in [6.45, 7) is 2.03. The lowest BCUT2D eigenvalue weighted by Crippen LogP contribution is -2.27. The predicted molar refractivity (Wildman–Crippen MR) is 137 cm³/mol. The fourth-order valence-electron chi connectivity index (χ4n) is 4.88. The number of allylic oxidation sites excluding steroid dienone is 2. The van der Waals surface area contributed by atoms with E-state index in [0.29, 0.717) is 11.5 Å². The molecular weight excluding hydrogens is 424 g/mol. The summed E-state index contributed by atoms with van der Waals surface area (Å²) in [4.78, 5) is 20.9. The van der Waals surface area contributed by atoms with E-state index in [2.05, 4.69) is 35.7 Å². The van der Waals surface area contributed by atoms with Gasteiger partial charge in [0, 0.05) is 26.9 Å². The third-order valence-electron chi connectivity index (χ3n) is 6.71. The molecule has 1 amide bonds. The number of benzene rings is 2. The average molecular weight is 455 g/mol. The van der Waals surface area contributed by atoms with Gasteiger partial charge in [0.25, 0.3) is 5.91 Å². The Kier molecular flexibility index (Phi) is 6.63. The Morgan fingerprint density at radius 1 is 1.00 bits per heavy atom.